The summed E-state index contributed by atoms with van der Waals surface area (Å²) >= 11 is 0. The molecule has 1 unspecified atom stereocenters. The fourth-order valence-electron chi connectivity index (χ4n) is 2.11. The molecule has 1 N–H and O–H groups in total. The molecule has 0 aromatic rings. The zero-order chi connectivity index (χ0) is 12.0. The van der Waals surface area contributed by atoms with Crippen LogP contribution < -0.4 is 5.32 Å². The molecule has 0 aromatic carbocycles. The minimum Gasteiger partial charge on any atom is -0.316 e. The first-order chi connectivity index (χ1) is 7.65. The molecule has 0 aromatic heterocycles. The first-order valence-corrected chi connectivity index (χ1v) is 6.72. The Kier molecular flexibility index (Phi) is 6.07. The van der Waals surface area contributed by atoms with Crippen molar-refractivity contribution in [1.82, 2.24) is 10.2 Å². The van der Waals surface area contributed by atoms with Crippen LogP contribution in [0.5, 0.6) is 0 Å². The molecule has 1 saturated carbocycles. The highest BCUT2D eigenvalue weighted by Gasteiger charge is 2.30. The third-order valence-corrected chi connectivity index (χ3v) is 3.21. The Labute approximate surface area is 101 Å². The first kappa shape index (κ1) is 13.7. The number of hydrogen-bond donors (Lipinski definition) is 1. The molecular formula is C14H28N2. The summed E-state index contributed by atoms with van der Waals surface area (Å²) in [6.07, 6.45) is 6.06. The van der Waals surface area contributed by atoms with Crippen LogP contribution in [0.15, 0.2) is 12.7 Å². The van der Waals surface area contributed by atoms with Crippen LogP contribution in [0.2, 0.25) is 0 Å². The maximum atomic E-state index is 3.86. The summed E-state index contributed by atoms with van der Waals surface area (Å²) in [6, 6.07) is 1.53. The first-order valence-electron chi connectivity index (χ1n) is 6.72. The van der Waals surface area contributed by atoms with Gasteiger partial charge >= 0.3 is 0 Å². The van der Waals surface area contributed by atoms with Crippen LogP contribution in [0.1, 0.15) is 40.0 Å². The quantitative estimate of drug-likeness (QED) is 0.478. The van der Waals surface area contributed by atoms with Gasteiger partial charge in [-0.25, -0.2) is 0 Å². The number of nitrogens with zero attached hydrogens (tertiary/aromatic N) is 1. The van der Waals surface area contributed by atoms with Gasteiger partial charge < -0.3 is 5.32 Å². The Morgan fingerprint density at radius 2 is 2.06 bits per heavy atom. The van der Waals surface area contributed by atoms with Gasteiger partial charge in [-0.3, -0.25) is 4.90 Å². The molecule has 0 bridgehead atoms. The van der Waals surface area contributed by atoms with E-state index in [1.165, 1.54) is 19.3 Å². The monoisotopic (exact) mass is 224 g/mol. The summed E-state index contributed by atoms with van der Waals surface area (Å²) in [6.45, 7) is 14.0. The molecule has 1 aliphatic carbocycles. The molecule has 0 radical (unpaired) electrons. The van der Waals surface area contributed by atoms with Gasteiger partial charge in [0.05, 0.1) is 0 Å². The number of nitrogens with one attached hydrogen (secondary N) is 1. The number of rotatable bonds is 9. The van der Waals surface area contributed by atoms with Gasteiger partial charge in [-0.05, 0) is 45.2 Å². The summed E-state index contributed by atoms with van der Waals surface area (Å²) in [4.78, 5) is 2.60. The van der Waals surface area contributed by atoms with Gasteiger partial charge in [-0.2, -0.15) is 0 Å². The summed E-state index contributed by atoms with van der Waals surface area (Å²) in [7, 11) is 0. The second kappa shape index (κ2) is 7.08. The zero-order valence-electron chi connectivity index (χ0n) is 11.2. The molecule has 1 rings (SSSR count). The van der Waals surface area contributed by atoms with E-state index in [1.807, 2.05) is 6.08 Å². The molecule has 1 atom stereocenters. The van der Waals surface area contributed by atoms with Crippen molar-refractivity contribution in [1.29, 1.82) is 0 Å². The van der Waals surface area contributed by atoms with E-state index in [2.05, 4.69) is 37.6 Å². The van der Waals surface area contributed by atoms with Gasteiger partial charge in [0.15, 0.2) is 0 Å². The zero-order valence-corrected chi connectivity index (χ0v) is 11.2. The minimum absolute atomic E-state index is 0.685. The second-order valence-corrected chi connectivity index (χ2v) is 5.45. The van der Waals surface area contributed by atoms with E-state index >= 15 is 0 Å². The average molecular weight is 224 g/mol. The van der Waals surface area contributed by atoms with Gasteiger partial charge in [-0.15, -0.1) is 6.58 Å². The lowest BCUT2D eigenvalue weighted by Crippen LogP contribution is -2.37. The molecule has 94 valence electrons. The summed E-state index contributed by atoms with van der Waals surface area (Å²) < 4.78 is 0. The van der Waals surface area contributed by atoms with Crippen molar-refractivity contribution in [2.45, 2.75) is 52.1 Å². The lowest BCUT2D eigenvalue weighted by atomic mass is 10.1. The molecule has 0 heterocycles. The van der Waals surface area contributed by atoms with E-state index in [0.717, 1.165) is 31.6 Å². The van der Waals surface area contributed by atoms with Gasteiger partial charge in [0.1, 0.15) is 0 Å². The minimum atomic E-state index is 0.685. The lowest BCUT2D eigenvalue weighted by molar-refractivity contribution is 0.209. The van der Waals surface area contributed by atoms with E-state index in [4.69, 9.17) is 0 Å². The van der Waals surface area contributed by atoms with Crippen LogP contribution >= 0.6 is 0 Å². The second-order valence-electron chi connectivity index (χ2n) is 5.45. The van der Waals surface area contributed by atoms with E-state index in [9.17, 15) is 0 Å². The van der Waals surface area contributed by atoms with Crippen molar-refractivity contribution < 1.29 is 0 Å². The van der Waals surface area contributed by atoms with Crippen LogP contribution in [-0.4, -0.2) is 36.6 Å². The molecular weight excluding hydrogens is 196 g/mol. The summed E-state index contributed by atoms with van der Waals surface area (Å²) in [5.74, 6) is 0.753. The van der Waals surface area contributed by atoms with E-state index in [1.54, 1.807) is 0 Å². The Morgan fingerprint density at radius 3 is 2.56 bits per heavy atom. The topological polar surface area (TPSA) is 15.3 Å². The van der Waals surface area contributed by atoms with Crippen molar-refractivity contribution >= 4 is 0 Å². The van der Waals surface area contributed by atoms with Gasteiger partial charge in [0.2, 0.25) is 0 Å². The number of hydrogen-bond acceptors (Lipinski definition) is 2. The van der Waals surface area contributed by atoms with Gasteiger partial charge in [-0.1, -0.05) is 19.9 Å². The van der Waals surface area contributed by atoms with E-state index < -0.39 is 0 Å². The fourth-order valence-corrected chi connectivity index (χ4v) is 2.11. The molecule has 1 fully saturated rings. The van der Waals surface area contributed by atoms with Crippen LogP contribution in [0, 0.1) is 5.92 Å². The molecule has 0 spiro atoms. The summed E-state index contributed by atoms with van der Waals surface area (Å²) in [5.41, 5.74) is 0. The third kappa shape index (κ3) is 5.13. The molecule has 16 heavy (non-hydrogen) atoms. The molecule has 0 saturated heterocycles. The smallest absolute Gasteiger partial charge is 0.0166 e. The molecule has 2 heteroatoms. The lowest BCUT2D eigenvalue weighted by Gasteiger charge is -2.28. The van der Waals surface area contributed by atoms with Crippen LogP contribution in [0.3, 0.4) is 0 Å². The van der Waals surface area contributed by atoms with Crippen molar-refractivity contribution in [2.75, 3.05) is 19.6 Å². The van der Waals surface area contributed by atoms with Crippen LogP contribution in [0.4, 0.5) is 0 Å². The highest BCUT2D eigenvalue weighted by atomic mass is 15.2. The van der Waals surface area contributed by atoms with Crippen molar-refractivity contribution in [2.24, 2.45) is 5.92 Å². The maximum absolute atomic E-state index is 3.86. The van der Waals surface area contributed by atoms with Gasteiger partial charge in [0.25, 0.3) is 0 Å². The standard InChI is InChI=1S/C14H28N2/c1-5-10-16(14-6-7-14)13(4)8-9-15-11-12(2)3/h5,12-15H,1,6-11H2,2-4H3. The van der Waals surface area contributed by atoms with Crippen molar-refractivity contribution in [3.05, 3.63) is 12.7 Å². The SMILES string of the molecule is C=CCN(C(C)CCNCC(C)C)C1CC1. The molecule has 1 aliphatic rings. The molecule has 0 aliphatic heterocycles. The average Bonchev–Trinajstić information content (AvgIpc) is 3.04. The Morgan fingerprint density at radius 1 is 1.38 bits per heavy atom. The predicted octanol–water partition coefficient (Wildman–Crippen LogP) is 2.66. The largest absolute Gasteiger partial charge is 0.316 e. The summed E-state index contributed by atoms with van der Waals surface area (Å²) in [5, 5.41) is 3.52. The van der Waals surface area contributed by atoms with E-state index in [-0.39, 0.29) is 0 Å². The highest BCUT2D eigenvalue weighted by Crippen LogP contribution is 2.29. The van der Waals surface area contributed by atoms with Crippen LogP contribution in [-0.2, 0) is 0 Å². The molecule has 0 amide bonds. The highest BCUT2D eigenvalue weighted by molar-refractivity contribution is 4.90. The van der Waals surface area contributed by atoms with Crippen molar-refractivity contribution in [3.8, 4) is 0 Å². The van der Waals surface area contributed by atoms with Gasteiger partial charge in [0, 0.05) is 18.6 Å². The normalized spacial score (nSPS) is 18.1. The predicted molar refractivity (Wildman–Crippen MR) is 71.7 cm³/mol. The Balaban J connectivity index is 2.15. The van der Waals surface area contributed by atoms with Crippen LogP contribution in [0.25, 0.3) is 0 Å². The Bertz CT molecular complexity index is 197. The maximum Gasteiger partial charge on any atom is 0.0166 e. The molecule has 2 nitrogen and oxygen atoms in total. The van der Waals surface area contributed by atoms with E-state index in [0.29, 0.717) is 6.04 Å². The third-order valence-electron chi connectivity index (χ3n) is 3.21. The van der Waals surface area contributed by atoms with Crippen molar-refractivity contribution in [3.63, 3.8) is 0 Å². The fraction of sp³-hybridized carbons (Fsp3) is 0.857. The Hall–Kier alpha value is -0.340.